The summed E-state index contributed by atoms with van der Waals surface area (Å²) in [4.78, 5) is 10.6. The predicted molar refractivity (Wildman–Crippen MR) is 64.4 cm³/mol. The van der Waals surface area contributed by atoms with Gasteiger partial charge in [0.2, 0.25) is 0 Å². The number of carboxylic acids is 1. The van der Waals surface area contributed by atoms with E-state index in [0.29, 0.717) is 17.1 Å². The van der Waals surface area contributed by atoms with Crippen molar-refractivity contribution in [3.63, 3.8) is 0 Å². The average molecular weight is 263 g/mol. The van der Waals surface area contributed by atoms with Crippen molar-refractivity contribution in [3.8, 4) is 0 Å². The fourth-order valence-corrected chi connectivity index (χ4v) is 2.33. The second-order valence-electron chi connectivity index (χ2n) is 3.47. The molecule has 1 rings (SSSR count). The van der Waals surface area contributed by atoms with Gasteiger partial charge in [0.1, 0.15) is 5.82 Å². The molecule has 0 saturated heterocycles. The Balaban J connectivity index is 2.49. The lowest BCUT2D eigenvalue weighted by Gasteiger charge is -2.07. The van der Waals surface area contributed by atoms with Gasteiger partial charge in [-0.1, -0.05) is 30.7 Å². The Kier molecular flexibility index (Phi) is 5.09. The molecule has 0 aliphatic rings. The van der Waals surface area contributed by atoms with E-state index in [1.807, 2.05) is 0 Å². The van der Waals surface area contributed by atoms with E-state index in [9.17, 15) is 9.18 Å². The monoisotopic (exact) mass is 262 g/mol. The minimum atomic E-state index is -0.834. The van der Waals surface area contributed by atoms with Gasteiger partial charge in [-0.15, -0.1) is 0 Å². The van der Waals surface area contributed by atoms with E-state index in [2.05, 4.69) is 0 Å². The number of carboxylic acid groups (broad SMARTS) is 1. The van der Waals surface area contributed by atoms with Crippen molar-refractivity contribution < 1.29 is 14.3 Å². The molecule has 0 aromatic heterocycles. The molecule has 16 heavy (non-hydrogen) atoms. The van der Waals surface area contributed by atoms with Crippen molar-refractivity contribution in [2.24, 2.45) is 5.92 Å². The van der Waals surface area contributed by atoms with Crippen LogP contribution in [0.3, 0.4) is 0 Å². The van der Waals surface area contributed by atoms with E-state index < -0.39 is 17.7 Å². The van der Waals surface area contributed by atoms with Gasteiger partial charge in [0.25, 0.3) is 0 Å². The van der Waals surface area contributed by atoms with Gasteiger partial charge in [0, 0.05) is 11.5 Å². The molecular weight excluding hydrogens is 251 g/mol. The number of halogens is 2. The zero-order chi connectivity index (χ0) is 12.1. The van der Waals surface area contributed by atoms with Gasteiger partial charge in [0.05, 0.1) is 10.9 Å². The maximum absolute atomic E-state index is 13.4. The highest BCUT2D eigenvalue weighted by Crippen LogP contribution is 2.22. The summed E-state index contributed by atoms with van der Waals surface area (Å²) < 4.78 is 13.4. The molecule has 0 aliphatic heterocycles. The highest BCUT2D eigenvalue weighted by Gasteiger charge is 2.12. The largest absolute Gasteiger partial charge is 0.481 e. The molecule has 5 heteroatoms. The van der Waals surface area contributed by atoms with Crippen LogP contribution in [0, 0.1) is 11.7 Å². The Morgan fingerprint density at radius 3 is 2.94 bits per heavy atom. The molecule has 1 aromatic rings. The van der Waals surface area contributed by atoms with Gasteiger partial charge < -0.3 is 5.11 Å². The van der Waals surface area contributed by atoms with Gasteiger partial charge in [-0.05, 0) is 11.6 Å². The molecule has 0 bridgehead atoms. The number of thioether (sulfide) groups is 1. The maximum atomic E-state index is 13.4. The molecule has 1 N–H and O–H groups in total. The van der Waals surface area contributed by atoms with Crippen molar-refractivity contribution in [1.82, 2.24) is 0 Å². The molecule has 1 unspecified atom stereocenters. The van der Waals surface area contributed by atoms with Crippen LogP contribution in [0.1, 0.15) is 12.5 Å². The molecule has 1 aromatic carbocycles. The first kappa shape index (κ1) is 13.3. The summed E-state index contributed by atoms with van der Waals surface area (Å²) in [5.74, 6) is -0.781. The topological polar surface area (TPSA) is 37.3 Å². The van der Waals surface area contributed by atoms with E-state index >= 15 is 0 Å². The predicted octanol–water partition coefficient (Wildman–Crippen LogP) is 3.43. The SMILES string of the molecule is CC(CSCc1cccc(Cl)c1F)C(=O)O. The van der Waals surface area contributed by atoms with Crippen LogP contribution in [0.25, 0.3) is 0 Å². The minimum Gasteiger partial charge on any atom is -0.481 e. The minimum absolute atomic E-state index is 0.101. The number of rotatable bonds is 5. The second kappa shape index (κ2) is 6.11. The third-order valence-electron chi connectivity index (χ3n) is 2.08. The van der Waals surface area contributed by atoms with Crippen LogP contribution in [0.4, 0.5) is 4.39 Å². The first-order valence-electron chi connectivity index (χ1n) is 4.75. The zero-order valence-corrected chi connectivity index (χ0v) is 10.3. The summed E-state index contributed by atoms with van der Waals surface area (Å²) in [5, 5.41) is 8.77. The molecule has 0 saturated carbocycles. The van der Waals surface area contributed by atoms with Crippen LogP contribution in [0.2, 0.25) is 5.02 Å². The van der Waals surface area contributed by atoms with Crippen LogP contribution in [-0.4, -0.2) is 16.8 Å². The Labute approximate surface area is 103 Å². The van der Waals surface area contributed by atoms with Crippen molar-refractivity contribution in [2.45, 2.75) is 12.7 Å². The highest BCUT2D eigenvalue weighted by molar-refractivity contribution is 7.98. The molecule has 0 radical (unpaired) electrons. The smallest absolute Gasteiger partial charge is 0.307 e. The van der Waals surface area contributed by atoms with Gasteiger partial charge in [-0.3, -0.25) is 4.79 Å². The highest BCUT2D eigenvalue weighted by atomic mass is 35.5. The van der Waals surface area contributed by atoms with E-state index in [1.54, 1.807) is 19.1 Å². The van der Waals surface area contributed by atoms with Crippen molar-refractivity contribution in [3.05, 3.63) is 34.6 Å². The summed E-state index contributed by atoms with van der Waals surface area (Å²) in [6.07, 6.45) is 0. The third-order valence-corrected chi connectivity index (χ3v) is 3.62. The summed E-state index contributed by atoms with van der Waals surface area (Å²) in [6.45, 7) is 1.63. The molecule has 0 heterocycles. The lowest BCUT2D eigenvalue weighted by molar-refractivity contribution is -0.140. The van der Waals surface area contributed by atoms with Crippen molar-refractivity contribution in [2.75, 3.05) is 5.75 Å². The standard InChI is InChI=1S/C11H12ClFO2S/c1-7(11(14)15)5-16-6-8-3-2-4-9(12)10(8)13/h2-4,7H,5-6H2,1H3,(H,14,15). The second-order valence-corrected chi connectivity index (χ2v) is 4.90. The summed E-state index contributed by atoms with van der Waals surface area (Å²) in [5.41, 5.74) is 0.509. The summed E-state index contributed by atoms with van der Waals surface area (Å²) in [6, 6.07) is 4.83. The average Bonchev–Trinajstić information content (AvgIpc) is 2.24. The number of carbonyl (C=O) groups is 1. The zero-order valence-electron chi connectivity index (χ0n) is 8.74. The lowest BCUT2D eigenvalue weighted by Crippen LogP contribution is -2.11. The van der Waals surface area contributed by atoms with Gasteiger partial charge in [-0.2, -0.15) is 11.8 Å². The molecule has 1 atom stereocenters. The molecule has 0 spiro atoms. The lowest BCUT2D eigenvalue weighted by atomic mass is 10.2. The van der Waals surface area contributed by atoms with Crippen molar-refractivity contribution >= 4 is 29.3 Å². The molecule has 88 valence electrons. The first-order valence-corrected chi connectivity index (χ1v) is 6.29. The molecular formula is C11H12ClFO2S. The van der Waals surface area contributed by atoms with Gasteiger partial charge >= 0.3 is 5.97 Å². The van der Waals surface area contributed by atoms with Crippen LogP contribution in [0.15, 0.2) is 18.2 Å². The summed E-state index contributed by atoms with van der Waals surface area (Å²) >= 11 is 7.01. The molecule has 0 amide bonds. The Morgan fingerprint density at radius 2 is 2.31 bits per heavy atom. The normalized spacial score (nSPS) is 12.4. The van der Waals surface area contributed by atoms with Crippen LogP contribution in [0.5, 0.6) is 0 Å². The molecule has 2 nitrogen and oxygen atoms in total. The third kappa shape index (κ3) is 3.68. The number of aliphatic carboxylic acids is 1. The van der Waals surface area contributed by atoms with E-state index in [1.165, 1.54) is 17.8 Å². The quantitative estimate of drug-likeness (QED) is 0.883. The fraction of sp³-hybridized carbons (Fsp3) is 0.364. The molecule has 0 fully saturated rings. The number of hydrogen-bond acceptors (Lipinski definition) is 2. The molecule has 0 aliphatic carbocycles. The fourth-order valence-electron chi connectivity index (χ4n) is 1.08. The maximum Gasteiger partial charge on any atom is 0.307 e. The van der Waals surface area contributed by atoms with E-state index in [-0.39, 0.29) is 5.02 Å². The summed E-state index contributed by atoms with van der Waals surface area (Å²) in [7, 11) is 0. The number of benzene rings is 1. The Morgan fingerprint density at radius 1 is 1.62 bits per heavy atom. The van der Waals surface area contributed by atoms with Gasteiger partial charge in [-0.25, -0.2) is 4.39 Å². The van der Waals surface area contributed by atoms with Crippen molar-refractivity contribution in [1.29, 1.82) is 0 Å². The van der Waals surface area contributed by atoms with E-state index in [4.69, 9.17) is 16.7 Å². The first-order chi connectivity index (χ1) is 7.52. The number of hydrogen-bond donors (Lipinski definition) is 1. The van der Waals surface area contributed by atoms with E-state index in [0.717, 1.165) is 0 Å². The Bertz CT molecular complexity index is 384. The van der Waals surface area contributed by atoms with Crippen LogP contribution < -0.4 is 0 Å². The van der Waals surface area contributed by atoms with Gasteiger partial charge in [0.15, 0.2) is 0 Å². The Hall–Kier alpha value is -0.740. The van der Waals surface area contributed by atoms with Crippen LogP contribution >= 0.6 is 23.4 Å². The van der Waals surface area contributed by atoms with Crippen LogP contribution in [-0.2, 0) is 10.5 Å².